The van der Waals surface area contributed by atoms with Gasteiger partial charge in [-0.1, -0.05) is 6.07 Å². The molecule has 2 rings (SSSR count). The van der Waals surface area contributed by atoms with E-state index in [1.54, 1.807) is 13.0 Å². The lowest BCUT2D eigenvalue weighted by molar-refractivity contribution is 0.477. The normalized spacial score (nSPS) is 11.4. The lowest BCUT2D eigenvalue weighted by atomic mass is 10.1. The van der Waals surface area contributed by atoms with Gasteiger partial charge < -0.3 is 5.11 Å². The molecule has 6 heteroatoms. The van der Waals surface area contributed by atoms with Crippen LogP contribution in [0.5, 0.6) is 5.75 Å². The van der Waals surface area contributed by atoms with Crippen molar-refractivity contribution in [1.29, 1.82) is 0 Å². The molecule has 0 aromatic heterocycles. The second-order valence-electron chi connectivity index (χ2n) is 4.99. The van der Waals surface area contributed by atoms with Gasteiger partial charge >= 0.3 is 0 Å². The first-order valence-corrected chi connectivity index (χ1v) is 7.78. The van der Waals surface area contributed by atoms with Crippen molar-refractivity contribution in [3.05, 3.63) is 52.8 Å². The molecular weight excluding hydrogens is 293 g/mol. The zero-order valence-corrected chi connectivity index (χ0v) is 12.8. The summed E-state index contributed by atoms with van der Waals surface area (Å²) in [6, 6.07) is 6.94. The lowest BCUT2D eigenvalue weighted by Crippen LogP contribution is -2.16. The standard InChI is InChI=1S/C15H16FNO3S/c1-9-4-5-14(18)13(6-9)17-21(19,20)15-10(2)7-12(16)8-11(15)3/h4-8,17-18H,1-3H3. The molecule has 112 valence electrons. The maximum Gasteiger partial charge on any atom is 0.262 e. The first-order chi connectivity index (χ1) is 9.70. The number of hydrogen-bond acceptors (Lipinski definition) is 3. The Morgan fingerprint density at radius 3 is 2.19 bits per heavy atom. The highest BCUT2D eigenvalue weighted by atomic mass is 32.2. The molecule has 0 aliphatic carbocycles. The third-order valence-electron chi connectivity index (χ3n) is 3.09. The van der Waals surface area contributed by atoms with E-state index in [0.717, 1.165) is 17.7 Å². The molecular formula is C15H16FNO3S. The molecule has 0 amide bonds. The van der Waals surface area contributed by atoms with E-state index in [0.29, 0.717) is 11.1 Å². The van der Waals surface area contributed by atoms with E-state index in [1.807, 2.05) is 0 Å². The summed E-state index contributed by atoms with van der Waals surface area (Å²) in [6.45, 7) is 4.84. The summed E-state index contributed by atoms with van der Waals surface area (Å²) < 4.78 is 40.6. The summed E-state index contributed by atoms with van der Waals surface area (Å²) in [4.78, 5) is 0.0183. The summed E-state index contributed by atoms with van der Waals surface area (Å²) in [7, 11) is -3.91. The van der Waals surface area contributed by atoms with Crippen LogP contribution in [0.4, 0.5) is 10.1 Å². The van der Waals surface area contributed by atoms with Crippen molar-refractivity contribution >= 4 is 15.7 Å². The number of phenols is 1. The molecule has 0 fully saturated rings. The van der Waals surface area contributed by atoms with Gasteiger partial charge in [0.1, 0.15) is 11.6 Å². The molecule has 2 aromatic rings. The molecule has 0 heterocycles. The summed E-state index contributed by atoms with van der Waals surface area (Å²) in [5.41, 5.74) is 1.52. The highest BCUT2D eigenvalue weighted by Gasteiger charge is 2.21. The molecule has 0 saturated heterocycles. The number of sulfonamides is 1. The van der Waals surface area contributed by atoms with E-state index in [2.05, 4.69) is 4.72 Å². The first kappa shape index (κ1) is 15.3. The Morgan fingerprint density at radius 2 is 1.62 bits per heavy atom. The largest absolute Gasteiger partial charge is 0.506 e. The number of hydrogen-bond donors (Lipinski definition) is 2. The van der Waals surface area contributed by atoms with E-state index in [4.69, 9.17) is 0 Å². The molecule has 0 aliphatic rings. The highest BCUT2D eigenvalue weighted by Crippen LogP contribution is 2.29. The predicted octanol–water partition coefficient (Wildman–Crippen LogP) is 3.26. The quantitative estimate of drug-likeness (QED) is 0.855. The van der Waals surface area contributed by atoms with Crippen LogP contribution in [-0.2, 0) is 10.0 Å². The Labute approximate surface area is 123 Å². The van der Waals surface area contributed by atoms with Crippen LogP contribution in [0.15, 0.2) is 35.2 Å². The smallest absolute Gasteiger partial charge is 0.262 e. The number of benzene rings is 2. The summed E-state index contributed by atoms with van der Waals surface area (Å²) >= 11 is 0. The minimum atomic E-state index is -3.91. The second-order valence-corrected chi connectivity index (χ2v) is 6.61. The van der Waals surface area contributed by atoms with Crippen LogP contribution in [0, 0.1) is 26.6 Å². The van der Waals surface area contributed by atoms with Gasteiger partial charge in [-0.3, -0.25) is 4.72 Å². The number of nitrogens with one attached hydrogen (secondary N) is 1. The van der Waals surface area contributed by atoms with Gasteiger partial charge in [-0.2, -0.15) is 0 Å². The number of halogens is 1. The van der Waals surface area contributed by atoms with Gasteiger partial charge in [-0.15, -0.1) is 0 Å². The topological polar surface area (TPSA) is 66.4 Å². The molecule has 2 N–H and O–H groups in total. The fourth-order valence-electron chi connectivity index (χ4n) is 2.25. The SMILES string of the molecule is Cc1ccc(O)c(NS(=O)(=O)c2c(C)cc(F)cc2C)c1. The minimum Gasteiger partial charge on any atom is -0.506 e. The zero-order chi connectivity index (χ0) is 15.8. The van der Waals surface area contributed by atoms with E-state index in [-0.39, 0.29) is 16.3 Å². The molecule has 2 aromatic carbocycles. The van der Waals surface area contributed by atoms with Crippen LogP contribution < -0.4 is 4.72 Å². The van der Waals surface area contributed by atoms with Gasteiger partial charge in [0.2, 0.25) is 0 Å². The monoisotopic (exact) mass is 309 g/mol. The number of anilines is 1. The number of aryl methyl sites for hydroxylation is 3. The summed E-state index contributed by atoms with van der Waals surface area (Å²) in [5.74, 6) is -0.649. The van der Waals surface area contributed by atoms with Crippen LogP contribution in [0.2, 0.25) is 0 Å². The van der Waals surface area contributed by atoms with E-state index in [1.165, 1.54) is 26.0 Å². The Balaban J connectivity index is 2.51. The fourth-order valence-corrected chi connectivity index (χ4v) is 3.77. The third kappa shape index (κ3) is 3.16. The maximum atomic E-state index is 13.3. The number of rotatable bonds is 3. The second kappa shape index (κ2) is 5.37. The maximum absolute atomic E-state index is 13.3. The Morgan fingerprint density at radius 1 is 1.05 bits per heavy atom. The van der Waals surface area contributed by atoms with Crippen molar-refractivity contribution in [2.24, 2.45) is 0 Å². The van der Waals surface area contributed by atoms with Crippen LogP contribution in [0.3, 0.4) is 0 Å². The molecule has 0 bridgehead atoms. The molecule has 0 saturated carbocycles. The van der Waals surface area contributed by atoms with Gasteiger partial charge in [-0.25, -0.2) is 12.8 Å². The molecule has 0 radical (unpaired) electrons. The third-order valence-corrected chi connectivity index (χ3v) is 4.76. The fraction of sp³-hybridized carbons (Fsp3) is 0.200. The molecule has 0 aliphatic heterocycles. The average molecular weight is 309 g/mol. The van der Waals surface area contributed by atoms with Crippen LogP contribution in [0.1, 0.15) is 16.7 Å². The first-order valence-electron chi connectivity index (χ1n) is 6.30. The molecule has 0 spiro atoms. The van der Waals surface area contributed by atoms with Crippen LogP contribution >= 0.6 is 0 Å². The molecule has 4 nitrogen and oxygen atoms in total. The summed E-state index contributed by atoms with van der Waals surface area (Å²) in [6.07, 6.45) is 0. The Hall–Kier alpha value is -2.08. The van der Waals surface area contributed by atoms with Gasteiger partial charge in [0.05, 0.1) is 10.6 Å². The molecule has 0 atom stereocenters. The minimum absolute atomic E-state index is 0.0183. The summed E-state index contributed by atoms with van der Waals surface area (Å²) in [5, 5.41) is 9.74. The van der Waals surface area contributed by atoms with Gasteiger partial charge in [0.25, 0.3) is 10.0 Å². The van der Waals surface area contributed by atoms with Crippen molar-refractivity contribution in [2.75, 3.05) is 4.72 Å². The van der Waals surface area contributed by atoms with Crippen molar-refractivity contribution in [3.63, 3.8) is 0 Å². The number of phenolic OH excluding ortho intramolecular Hbond substituents is 1. The van der Waals surface area contributed by atoms with Crippen molar-refractivity contribution in [1.82, 2.24) is 0 Å². The van der Waals surface area contributed by atoms with E-state index in [9.17, 15) is 17.9 Å². The average Bonchev–Trinajstić information content (AvgIpc) is 2.31. The van der Waals surface area contributed by atoms with Crippen LogP contribution in [-0.4, -0.2) is 13.5 Å². The zero-order valence-electron chi connectivity index (χ0n) is 11.9. The highest BCUT2D eigenvalue weighted by molar-refractivity contribution is 7.92. The number of aromatic hydroxyl groups is 1. The van der Waals surface area contributed by atoms with Gasteiger partial charge in [0.15, 0.2) is 0 Å². The van der Waals surface area contributed by atoms with Crippen molar-refractivity contribution in [2.45, 2.75) is 25.7 Å². The molecule has 0 unspecified atom stereocenters. The Bertz CT molecular complexity index is 778. The Kier molecular flexibility index (Phi) is 3.91. The van der Waals surface area contributed by atoms with E-state index < -0.39 is 15.8 Å². The predicted molar refractivity (Wildman–Crippen MR) is 79.5 cm³/mol. The van der Waals surface area contributed by atoms with Crippen molar-refractivity contribution < 1.29 is 17.9 Å². The lowest BCUT2D eigenvalue weighted by Gasteiger charge is -2.14. The van der Waals surface area contributed by atoms with Gasteiger partial charge in [-0.05, 0) is 61.7 Å². The van der Waals surface area contributed by atoms with Crippen LogP contribution in [0.25, 0.3) is 0 Å². The van der Waals surface area contributed by atoms with Gasteiger partial charge in [0, 0.05) is 0 Å². The van der Waals surface area contributed by atoms with Crippen molar-refractivity contribution in [3.8, 4) is 5.75 Å². The molecule has 21 heavy (non-hydrogen) atoms. The van der Waals surface area contributed by atoms with E-state index >= 15 is 0 Å².